The van der Waals surface area contributed by atoms with Gasteiger partial charge in [-0.25, -0.2) is 0 Å². The van der Waals surface area contributed by atoms with Gasteiger partial charge >= 0.3 is 0 Å². The molecule has 0 unspecified atom stereocenters. The largest absolute Gasteiger partial charge is 0.369 e. The van der Waals surface area contributed by atoms with E-state index in [9.17, 15) is 0 Å². The molecule has 19 heavy (non-hydrogen) atoms. The summed E-state index contributed by atoms with van der Waals surface area (Å²) in [4.78, 5) is 0. The monoisotopic (exact) mass is 266 g/mol. The Morgan fingerprint density at radius 3 is 1.32 bits per heavy atom. The van der Waals surface area contributed by atoms with E-state index in [-0.39, 0.29) is 11.2 Å². The third-order valence-electron chi connectivity index (χ3n) is 5.37. The van der Waals surface area contributed by atoms with E-state index >= 15 is 0 Å². The second-order valence-electron chi connectivity index (χ2n) is 7.09. The summed E-state index contributed by atoms with van der Waals surface area (Å²) < 4.78 is 6.99. The average Bonchev–Trinajstić information content (AvgIpc) is 2.41. The molecule has 2 saturated carbocycles. The molecule has 0 aromatic rings. The number of rotatable bonds is 6. The topological polar surface area (TPSA) is 9.23 Å². The molecule has 2 aliphatic rings. The Morgan fingerprint density at radius 1 is 0.632 bits per heavy atom. The van der Waals surface area contributed by atoms with Gasteiger partial charge in [0.25, 0.3) is 0 Å². The van der Waals surface area contributed by atoms with Gasteiger partial charge in [0.2, 0.25) is 0 Å². The second-order valence-corrected chi connectivity index (χ2v) is 7.09. The molecule has 2 rings (SSSR count). The summed E-state index contributed by atoms with van der Waals surface area (Å²) in [5.74, 6) is 0. The summed E-state index contributed by atoms with van der Waals surface area (Å²) >= 11 is 0. The zero-order valence-corrected chi connectivity index (χ0v) is 13.3. The van der Waals surface area contributed by atoms with Gasteiger partial charge in [0.15, 0.2) is 0 Å². The van der Waals surface area contributed by atoms with E-state index in [1.807, 2.05) is 0 Å². The van der Waals surface area contributed by atoms with E-state index in [2.05, 4.69) is 13.8 Å². The summed E-state index contributed by atoms with van der Waals surface area (Å²) in [7, 11) is 0. The van der Waals surface area contributed by atoms with E-state index in [0.717, 1.165) is 0 Å². The molecule has 0 heterocycles. The first-order valence-electron chi connectivity index (χ1n) is 8.94. The van der Waals surface area contributed by atoms with Gasteiger partial charge in [0.05, 0.1) is 11.2 Å². The number of hydrogen-bond acceptors (Lipinski definition) is 1. The quantitative estimate of drug-likeness (QED) is 0.572. The Balaban J connectivity index is 2.07. The third kappa shape index (κ3) is 3.97. The lowest BCUT2D eigenvalue weighted by molar-refractivity contribution is -0.191. The molecule has 2 fully saturated rings. The van der Waals surface area contributed by atoms with Crippen LogP contribution in [-0.4, -0.2) is 11.2 Å². The predicted octanol–water partition coefficient (Wildman–Crippen LogP) is 6.01. The summed E-state index contributed by atoms with van der Waals surface area (Å²) in [6.07, 6.45) is 18.9. The van der Waals surface area contributed by atoms with Gasteiger partial charge in [-0.1, -0.05) is 65.2 Å². The highest BCUT2D eigenvalue weighted by molar-refractivity contribution is 4.92. The normalized spacial score (nSPS) is 26.2. The van der Waals surface area contributed by atoms with Crippen LogP contribution in [0, 0.1) is 0 Å². The Labute approximate surface area is 120 Å². The van der Waals surface area contributed by atoms with E-state index in [4.69, 9.17) is 4.74 Å². The Morgan fingerprint density at radius 2 is 1.00 bits per heavy atom. The highest BCUT2D eigenvalue weighted by atomic mass is 16.5. The lowest BCUT2D eigenvalue weighted by Gasteiger charge is -2.48. The van der Waals surface area contributed by atoms with Gasteiger partial charge in [0, 0.05) is 0 Å². The van der Waals surface area contributed by atoms with Crippen LogP contribution in [0.3, 0.4) is 0 Å². The van der Waals surface area contributed by atoms with E-state index in [1.54, 1.807) is 0 Å². The molecule has 0 atom stereocenters. The van der Waals surface area contributed by atoms with Crippen molar-refractivity contribution in [2.75, 3.05) is 0 Å². The molecule has 0 saturated heterocycles. The van der Waals surface area contributed by atoms with E-state index in [1.165, 1.54) is 89.9 Å². The number of ether oxygens (including phenoxy) is 1. The molecular formula is C18H34O. The van der Waals surface area contributed by atoms with Gasteiger partial charge in [-0.3, -0.25) is 0 Å². The maximum absolute atomic E-state index is 6.99. The maximum atomic E-state index is 6.99. The summed E-state index contributed by atoms with van der Waals surface area (Å²) in [5, 5.41) is 0. The first-order chi connectivity index (χ1) is 9.24. The minimum absolute atomic E-state index is 0.250. The Hall–Kier alpha value is -0.0400. The second kappa shape index (κ2) is 7.11. The summed E-state index contributed by atoms with van der Waals surface area (Å²) in [5.41, 5.74) is 0.499. The van der Waals surface area contributed by atoms with Gasteiger partial charge in [0.1, 0.15) is 0 Å². The first kappa shape index (κ1) is 15.4. The smallest absolute Gasteiger partial charge is 0.0690 e. The third-order valence-corrected chi connectivity index (χ3v) is 5.37. The fourth-order valence-electron chi connectivity index (χ4n) is 4.57. The molecule has 1 heteroatoms. The molecule has 0 radical (unpaired) electrons. The highest BCUT2D eigenvalue weighted by Crippen LogP contribution is 2.44. The van der Waals surface area contributed by atoms with Gasteiger partial charge in [-0.05, 0) is 38.5 Å². The molecule has 0 aromatic heterocycles. The molecule has 0 bridgehead atoms. The van der Waals surface area contributed by atoms with Gasteiger partial charge in [-0.2, -0.15) is 0 Å². The van der Waals surface area contributed by atoms with Crippen LogP contribution in [0.4, 0.5) is 0 Å². The molecule has 0 amide bonds. The van der Waals surface area contributed by atoms with Crippen molar-refractivity contribution in [3.05, 3.63) is 0 Å². The van der Waals surface area contributed by atoms with Crippen LogP contribution in [0.15, 0.2) is 0 Å². The predicted molar refractivity (Wildman–Crippen MR) is 82.5 cm³/mol. The van der Waals surface area contributed by atoms with E-state index < -0.39 is 0 Å². The van der Waals surface area contributed by atoms with Crippen molar-refractivity contribution in [2.24, 2.45) is 0 Å². The minimum Gasteiger partial charge on any atom is -0.369 e. The van der Waals surface area contributed by atoms with Crippen LogP contribution >= 0.6 is 0 Å². The molecular weight excluding hydrogens is 232 g/mol. The van der Waals surface area contributed by atoms with E-state index in [0.29, 0.717) is 0 Å². The molecule has 1 nitrogen and oxygen atoms in total. The van der Waals surface area contributed by atoms with Gasteiger partial charge < -0.3 is 4.74 Å². The van der Waals surface area contributed by atoms with Crippen molar-refractivity contribution < 1.29 is 4.74 Å². The Kier molecular flexibility index (Phi) is 5.74. The van der Waals surface area contributed by atoms with Gasteiger partial charge in [-0.15, -0.1) is 0 Å². The zero-order chi connectivity index (χ0) is 13.6. The molecule has 0 aromatic carbocycles. The fourth-order valence-corrected chi connectivity index (χ4v) is 4.57. The molecule has 0 N–H and O–H groups in total. The maximum Gasteiger partial charge on any atom is 0.0690 e. The molecule has 112 valence electrons. The SMILES string of the molecule is CCCC1(OC2(CCC)CCCCC2)CCCCC1. The van der Waals surface area contributed by atoms with Crippen LogP contribution < -0.4 is 0 Å². The lowest BCUT2D eigenvalue weighted by Crippen LogP contribution is -2.47. The average molecular weight is 266 g/mol. The van der Waals surface area contributed by atoms with Crippen LogP contribution in [0.2, 0.25) is 0 Å². The fraction of sp³-hybridized carbons (Fsp3) is 1.00. The van der Waals surface area contributed by atoms with Crippen molar-refractivity contribution >= 4 is 0 Å². The van der Waals surface area contributed by atoms with Crippen molar-refractivity contribution in [1.82, 2.24) is 0 Å². The van der Waals surface area contributed by atoms with Crippen LogP contribution in [0.1, 0.15) is 104 Å². The highest BCUT2D eigenvalue weighted by Gasteiger charge is 2.42. The van der Waals surface area contributed by atoms with Crippen LogP contribution in [0.25, 0.3) is 0 Å². The minimum atomic E-state index is 0.250. The number of hydrogen-bond donors (Lipinski definition) is 0. The summed E-state index contributed by atoms with van der Waals surface area (Å²) in [6, 6.07) is 0. The van der Waals surface area contributed by atoms with Crippen molar-refractivity contribution in [3.63, 3.8) is 0 Å². The standard InChI is InChI=1S/C18H34O/c1-3-11-17(13-7-5-8-14-17)19-18(12-4-2)15-9-6-10-16-18/h3-16H2,1-2H3. The van der Waals surface area contributed by atoms with Crippen LogP contribution in [-0.2, 0) is 4.74 Å². The Bertz CT molecular complexity index is 209. The lowest BCUT2D eigenvalue weighted by atomic mass is 9.77. The van der Waals surface area contributed by atoms with Crippen molar-refractivity contribution in [3.8, 4) is 0 Å². The zero-order valence-electron chi connectivity index (χ0n) is 13.3. The van der Waals surface area contributed by atoms with Crippen LogP contribution in [0.5, 0.6) is 0 Å². The molecule has 0 spiro atoms. The first-order valence-corrected chi connectivity index (χ1v) is 8.94. The molecule has 0 aliphatic heterocycles. The molecule has 2 aliphatic carbocycles. The van der Waals surface area contributed by atoms with Crippen molar-refractivity contribution in [1.29, 1.82) is 0 Å². The van der Waals surface area contributed by atoms with Crippen molar-refractivity contribution in [2.45, 2.75) is 115 Å². The summed E-state index contributed by atoms with van der Waals surface area (Å²) in [6.45, 7) is 4.65.